The van der Waals surface area contributed by atoms with Crippen LogP contribution in [0.3, 0.4) is 0 Å². The van der Waals surface area contributed by atoms with E-state index < -0.39 is 0 Å². The number of nitrogens with zero attached hydrogens (tertiary/aromatic N) is 5. The molecule has 6 nitrogen and oxygen atoms in total. The summed E-state index contributed by atoms with van der Waals surface area (Å²) < 4.78 is 1.64. The maximum absolute atomic E-state index is 12.7. The van der Waals surface area contributed by atoms with Gasteiger partial charge in [0.2, 0.25) is 5.82 Å². The molecule has 6 heteroatoms. The molecule has 3 heterocycles. The lowest BCUT2D eigenvalue weighted by atomic mass is 10.00. The number of hydrogen-bond acceptors (Lipinski definition) is 4. The molecule has 0 aromatic carbocycles. The van der Waals surface area contributed by atoms with E-state index in [1.165, 1.54) is 6.42 Å². The lowest BCUT2D eigenvalue weighted by Gasteiger charge is -2.34. The summed E-state index contributed by atoms with van der Waals surface area (Å²) in [7, 11) is 0. The molecule has 0 bridgehead atoms. The van der Waals surface area contributed by atoms with Gasteiger partial charge in [0.15, 0.2) is 0 Å². The van der Waals surface area contributed by atoms with Gasteiger partial charge in [-0.3, -0.25) is 4.79 Å². The highest BCUT2D eigenvalue weighted by Gasteiger charge is 2.29. The van der Waals surface area contributed by atoms with Gasteiger partial charge in [-0.15, -0.1) is 5.10 Å². The summed E-state index contributed by atoms with van der Waals surface area (Å²) in [6.07, 6.45) is 4.31. The first-order chi connectivity index (χ1) is 10.1. The number of aromatic nitrogens is 4. The van der Waals surface area contributed by atoms with Crippen LogP contribution in [0, 0.1) is 13.8 Å². The molecule has 1 unspecified atom stereocenters. The van der Waals surface area contributed by atoms with Gasteiger partial charge in [-0.1, -0.05) is 6.92 Å². The first-order valence-electron chi connectivity index (χ1n) is 7.62. The fraction of sp³-hybridized carbons (Fsp3) is 0.600. The van der Waals surface area contributed by atoms with Gasteiger partial charge in [0, 0.05) is 24.0 Å². The average Bonchev–Trinajstić information content (AvgIpc) is 2.90. The second kappa shape index (κ2) is 5.42. The molecule has 2 aromatic heterocycles. The molecule has 1 aliphatic heterocycles. The summed E-state index contributed by atoms with van der Waals surface area (Å²) >= 11 is 0. The van der Waals surface area contributed by atoms with Crippen LogP contribution in [0.2, 0.25) is 0 Å². The Labute approximate surface area is 124 Å². The predicted molar refractivity (Wildman–Crippen MR) is 79.2 cm³/mol. The van der Waals surface area contributed by atoms with Gasteiger partial charge in [-0.25, -0.2) is 9.50 Å². The highest BCUT2D eigenvalue weighted by atomic mass is 16.2. The maximum atomic E-state index is 12.7. The van der Waals surface area contributed by atoms with E-state index in [1.54, 1.807) is 4.52 Å². The zero-order valence-electron chi connectivity index (χ0n) is 12.8. The summed E-state index contributed by atoms with van der Waals surface area (Å²) in [4.78, 5) is 23.3. The third kappa shape index (κ3) is 2.50. The third-order valence-electron chi connectivity index (χ3n) is 4.17. The lowest BCUT2D eigenvalue weighted by Crippen LogP contribution is -2.43. The fourth-order valence-electron chi connectivity index (χ4n) is 3.08. The number of piperidine rings is 1. The molecular formula is C15H21N5O. The topological polar surface area (TPSA) is 63.4 Å². The quantitative estimate of drug-likeness (QED) is 0.849. The van der Waals surface area contributed by atoms with E-state index in [-0.39, 0.29) is 11.7 Å². The Morgan fingerprint density at radius 3 is 2.90 bits per heavy atom. The van der Waals surface area contributed by atoms with Gasteiger partial charge in [-0.05, 0) is 45.6 Å². The van der Waals surface area contributed by atoms with Gasteiger partial charge >= 0.3 is 0 Å². The van der Waals surface area contributed by atoms with E-state index in [0.717, 1.165) is 37.2 Å². The van der Waals surface area contributed by atoms with Gasteiger partial charge < -0.3 is 4.90 Å². The van der Waals surface area contributed by atoms with Crippen LogP contribution < -0.4 is 0 Å². The Kier molecular flexibility index (Phi) is 3.61. The zero-order chi connectivity index (χ0) is 15.0. The molecule has 0 N–H and O–H groups in total. The third-order valence-corrected chi connectivity index (χ3v) is 4.17. The normalized spacial score (nSPS) is 19.2. The van der Waals surface area contributed by atoms with Crippen molar-refractivity contribution < 1.29 is 4.79 Å². The number of fused-ring (bicyclic) bond motifs is 1. The van der Waals surface area contributed by atoms with E-state index in [0.29, 0.717) is 11.8 Å². The standard InChI is InChI=1S/C15H21N5O/c1-4-12-7-5-6-8-19(12)14(21)13-17-15-16-10(2)9-11(3)20(15)18-13/h9,12H,4-8H2,1-3H3. The largest absolute Gasteiger partial charge is 0.333 e. The molecule has 1 atom stereocenters. The van der Waals surface area contributed by atoms with Crippen molar-refractivity contribution in [1.82, 2.24) is 24.5 Å². The van der Waals surface area contributed by atoms with Gasteiger partial charge in [0.1, 0.15) is 0 Å². The van der Waals surface area contributed by atoms with Crippen molar-refractivity contribution in [3.63, 3.8) is 0 Å². The molecule has 0 radical (unpaired) electrons. The molecule has 0 spiro atoms. The Bertz CT molecular complexity index is 678. The van der Waals surface area contributed by atoms with Crippen molar-refractivity contribution in [2.24, 2.45) is 0 Å². The lowest BCUT2D eigenvalue weighted by molar-refractivity contribution is 0.0595. The van der Waals surface area contributed by atoms with E-state index in [1.807, 2.05) is 24.8 Å². The van der Waals surface area contributed by atoms with Crippen LogP contribution in [0.4, 0.5) is 0 Å². The van der Waals surface area contributed by atoms with Crippen LogP contribution in [0.5, 0.6) is 0 Å². The van der Waals surface area contributed by atoms with Crippen molar-refractivity contribution in [2.75, 3.05) is 6.54 Å². The minimum Gasteiger partial charge on any atom is -0.333 e. The van der Waals surface area contributed by atoms with Gasteiger partial charge in [-0.2, -0.15) is 4.98 Å². The zero-order valence-corrected chi connectivity index (χ0v) is 12.8. The Morgan fingerprint density at radius 1 is 1.33 bits per heavy atom. The first kappa shape index (κ1) is 14.0. The minimum atomic E-state index is -0.0656. The summed E-state index contributed by atoms with van der Waals surface area (Å²) in [5.74, 6) is 0.696. The SMILES string of the molecule is CCC1CCCCN1C(=O)c1nc2nc(C)cc(C)n2n1. The summed E-state index contributed by atoms with van der Waals surface area (Å²) in [6, 6.07) is 2.25. The van der Waals surface area contributed by atoms with Crippen molar-refractivity contribution in [1.29, 1.82) is 0 Å². The molecule has 2 aromatic rings. The molecule has 0 saturated carbocycles. The number of likely N-dealkylation sites (tertiary alicyclic amines) is 1. The van der Waals surface area contributed by atoms with Gasteiger partial charge in [0.05, 0.1) is 0 Å². The van der Waals surface area contributed by atoms with Crippen LogP contribution in [0.15, 0.2) is 6.07 Å². The van der Waals surface area contributed by atoms with E-state index in [4.69, 9.17) is 0 Å². The number of rotatable bonds is 2. The number of carbonyl (C=O) groups is 1. The summed E-state index contributed by atoms with van der Waals surface area (Å²) in [5.41, 5.74) is 1.82. The van der Waals surface area contributed by atoms with E-state index >= 15 is 0 Å². The van der Waals surface area contributed by atoms with Crippen LogP contribution in [-0.4, -0.2) is 43.0 Å². The Balaban J connectivity index is 1.96. The number of hydrogen-bond donors (Lipinski definition) is 0. The van der Waals surface area contributed by atoms with Crippen LogP contribution in [0.1, 0.15) is 54.6 Å². The van der Waals surface area contributed by atoms with Gasteiger partial charge in [0.25, 0.3) is 11.7 Å². The van der Waals surface area contributed by atoms with Crippen molar-refractivity contribution in [2.45, 2.75) is 52.5 Å². The number of carbonyl (C=O) groups excluding carboxylic acids is 1. The maximum Gasteiger partial charge on any atom is 0.293 e. The molecule has 1 saturated heterocycles. The molecular weight excluding hydrogens is 266 g/mol. The fourth-order valence-corrected chi connectivity index (χ4v) is 3.08. The molecule has 1 fully saturated rings. The number of aryl methyl sites for hydroxylation is 2. The van der Waals surface area contributed by atoms with Crippen LogP contribution in [-0.2, 0) is 0 Å². The first-order valence-corrected chi connectivity index (χ1v) is 7.62. The van der Waals surface area contributed by atoms with Crippen LogP contribution in [0.25, 0.3) is 5.78 Å². The highest BCUT2D eigenvalue weighted by Crippen LogP contribution is 2.21. The molecule has 112 valence electrons. The van der Waals surface area contributed by atoms with Crippen molar-refractivity contribution >= 4 is 11.7 Å². The monoisotopic (exact) mass is 287 g/mol. The second-order valence-corrected chi connectivity index (χ2v) is 5.74. The highest BCUT2D eigenvalue weighted by molar-refractivity contribution is 5.91. The molecule has 21 heavy (non-hydrogen) atoms. The van der Waals surface area contributed by atoms with E-state index in [9.17, 15) is 4.79 Å². The molecule has 3 rings (SSSR count). The van der Waals surface area contributed by atoms with Crippen molar-refractivity contribution in [3.05, 3.63) is 23.3 Å². The average molecular weight is 287 g/mol. The van der Waals surface area contributed by atoms with E-state index in [2.05, 4.69) is 22.0 Å². The summed E-state index contributed by atoms with van der Waals surface area (Å²) in [6.45, 7) is 6.79. The van der Waals surface area contributed by atoms with Crippen LogP contribution >= 0.6 is 0 Å². The Morgan fingerprint density at radius 2 is 2.14 bits per heavy atom. The Hall–Kier alpha value is -1.98. The summed E-state index contributed by atoms with van der Waals surface area (Å²) in [5, 5.41) is 4.35. The molecule has 0 aliphatic carbocycles. The second-order valence-electron chi connectivity index (χ2n) is 5.74. The predicted octanol–water partition coefficient (Wildman–Crippen LogP) is 2.15. The smallest absolute Gasteiger partial charge is 0.293 e. The number of amides is 1. The molecule has 1 aliphatic rings. The molecule has 1 amide bonds. The minimum absolute atomic E-state index is 0.0656. The van der Waals surface area contributed by atoms with Crippen molar-refractivity contribution in [3.8, 4) is 0 Å².